The predicted octanol–water partition coefficient (Wildman–Crippen LogP) is 4.54. The molecule has 2 N–H and O–H groups in total. The smallest absolute Gasteiger partial charge is 0.416 e. The average Bonchev–Trinajstić information content (AvgIpc) is 3.24. The number of aromatic hydroxyl groups is 1. The number of alkyl halides is 3. The molecule has 2 aliphatic carbocycles. The normalized spacial score (nSPS) is 32.5. The van der Waals surface area contributed by atoms with Crippen molar-refractivity contribution in [3.05, 3.63) is 77.4 Å². The maximum atomic E-state index is 13.5. The summed E-state index contributed by atoms with van der Waals surface area (Å²) in [6, 6.07) is 7.75. The first kappa shape index (κ1) is 26.9. The summed E-state index contributed by atoms with van der Waals surface area (Å²) in [6.07, 6.45) is 1.07. The van der Waals surface area contributed by atoms with Crippen LogP contribution in [0.1, 0.15) is 42.0 Å². The lowest BCUT2D eigenvalue weighted by atomic mass is 9.46. The summed E-state index contributed by atoms with van der Waals surface area (Å²) >= 11 is 0. The zero-order valence-electron chi connectivity index (χ0n) is 22.5. The molecule has 1 saturated heterocycles. The maximum absolute atomic E-state index is 13.5. The molecule has 0 unspecified atom stereocenters. The SMILES string of the molecule is C=CCN1CC[C@]23c4c5ccc(O)c4O[C@H]2[C@@H](N(C)C(=O)C=Cc2cccc(C(F)(F)F)c2)[C@@H](C)C[C@@]3(O)[C@H]1C5. The van der Waals surface area contributed by atoms with E-state index in [1.54, 1.807) is 18.0 Å². The summed E-state index contributed by atoms with van der Waals surface area (Å²) in [5, 5.41) is 23.4. The van der Waals surface area contributed by atoms with Gasteiger partial charge in [0, 0.05) is 31.3 Å². The second kappa shape index (κ2) is 9.11. The average molecular weight is 555 g/mol. The highest BCUT2D eigenvalue weighted by Gasteiger charge is 2.74. The van der Waals surface area contributed by atoms with Crippen LogP contribution in [0.4, 0.5) is 13.2 Å². The van der Waals surface area contributed by atoms with Crippen LogP contribution in [0, 0.1) is 5.92 Å². The number of nitrogens with zero attached hydrogens (tertiary/aromatic N) is 2. The van der Waals surface area contributed by atoms with Gasteiger partial charge in [-0.1, -0.05) is 31.2 Å². The number of halogens is 3. The van der Waals surface area contributed by atoms with E-state index in [9.17, 15) is 28.2 Å². The molecule has 1 saturated carbocycles. The first-order valence-corrected chi connectivity index (χ1v) is 13.6. The van der Waals surface area contributed by atoms with Gasteiger partial charge in [0.2, 0.25) is 5.91 Å². The molecule has 2 heterocycles. The molecule has 2 aromatic rings. The van der Waals surface area contributed by atoms with E-state index in [-0.39, 0.29) is 29.2 Å². The molecule has 2 aromatic carbocycles. The summed E-state index contributed by atoms with van der Waals surface area (Å²) in [6.45, 7) is 7.25. The van der Waals surface area contributed by atoms with Crippen molar-refractivity contribution in [2.75, 3.05) is 20.1 Å². The molecule has 0 aromatic heterocycles. The van der Waals surface area contributed by atoms with Crippen LogP contribution in [0.5, 0.6) is 11.5 Å². The van der Waals surface area contributed by atoms with E-state index in [0.29, 0.717) is 38.1 Å². The molecule has 6 rings (SSSR count). The minimum atomic E-state index is -4.48. The Hall–Kier alpha value is -3.30. The number of likely N-dealkylation sites (N-methyl/N-ethyl adjacent to an activating group) is 1. The Kier molecular flexibility index (Phi) is 6.12. The highest BCUT2D eigenvalue weighted by molar-refractivity contribution is 5.92. The molecule has 2 fully saturated rings. The van der Waals surface area contributed by atoms with Gasteiger partial charge in [-0.2, -0.15) is 13.2 Å². The zero-order chi connectivity index (χ0) is 28.6. The van der Waals surface area contributed by atoms with Crippen LogP contribution >= 0.6 is 0 Å². The highest BCUT2D eigenvalue weighted by atomic mass is 19.4. The molecule has 4 aliphatic rings. The minimum Gasteiger partial charge on any atom is -0.504 e. The van der Waals surface area contributed by atoms with Crippen molar-refractivity contribution >= 4 is 12.0 Å². The first-order valence-electron chi connectivity index (χ1n) is 13.6. The molecule has 9 heteroatoms. The van der Waals surface area contributed by atoms with E-state index in [4.69, 9.17) is 4.74 Å². The second-order valence-electron chi connectivity index (χ2n) is 11.7. The Bertz CT molecular complexity index is 1410. The van der Waals surface area contributed by atoms with Gasteiger partial charge in [0.25, 0.3) is 0 Å². The number of hydrogen-bond donors (Lipinski definition) is 2. The van der Waals surface area contributed by atoms with E-state index < -0.39 is 34.9 Å². The fourth-order valence-electron chi connectivity index (χ4n) is 8.10. The summed E-state index contributed by atoms with van der Waals surface area (Å²) < 4.78 is 46.0. The Morgan fingerprint density at radius 2 is 2.08 bits per heavy atom. The van der Waals surface area contributed by atoms with Gasteiger partial charge in [-0.15, -0.1) is 6.58 Å². The number of carbonyl (C=O) groups excluding carboxylic acids is 1. The fourth-order valence-corrected chi connectivity index (χ4v) is 8.10. The number of piperidine rings is 1. The van der Waals surface area contributed by atoms with Crippen LogP contribution in [0.25, 0.3) is 6.08 Å². The lowest BCUT2D eigenvalue weighted by molar-refractivity contribution is -0.210. The summed E-state index contributed by atoms with van der Waals surface area (Å²) in [5.41, 5.74) is -0.578. The monoisotopic (exact) mass is 554 g/mol. The van der Waals surface area contributed by atoms with Crippen LogP contribution in [0.2, 0.25) is 0 Å². The van der Waals surface area contributed by atoms with Crippen molar-refractivity contribution in [1.82, 2.24) is 9.80 Å². The van der Waals surface area contributed by atoms with E-state index in [1.807, 2.05) is 19.1 Å². The van der Waals surface area contributed by atoms with Crippen LogP contribution in [0.15, 0.2) is 55.1 Å². The largest absolute Gasteiger partial charge is 0.504 e. The molecule has 2 bridgehead atoms. The third-order valence-corrected chi connectivity index (χ3v) is 9.69. The van der Waals surface area contributed by atoms with Gasteiger partial charge in [-0.05, 0) is 67.1 Å². The molecule has 1 spiro atoms. The number of benzene rings is 2. The fraction of sp³-hybridized carbons (Fsp3) is 0.452. The quantitative estimate of drug-likeness (QED) is 0.420. The number of aliphatic hydroxyl groups is 1. The molecule has 2 aliphatic heterocycles. The van der Waals surface area contributed by atoms with Gasteiger partial charge in [0.15, 0.2) is 11.5 Å². The van der Waals surface area contributed by atoms with E-state index in [0.717, 1.165) is 23.3 Å². The van der Waals surface area contributed by atoms with Gasteiger partial charge in [0.1, 0.15) is 6.10 Å². The zero-order valence-corrected chi connectivity index (χ0v) is 22.5. The lowest BCUT2D eigenvalue weighted by Crippen LogP contribution is -2.79. The standard InChI is InChI=1S/C31H33F3N2O4/c1-4-13-36-14-12-29-25-20-9-10-22(37)27(25)40-28(29)26(18(2)17-30(29,39)23(36)16-20)35(3)24(38)11-8-19-6-5-7-21(15-19)31(32,33)34/h4-11,15,18,23,26,28,37,39H,1,12-14,16-17H2,2-3H3/t18-,23+,26-,28-,29-,30+/m0/s1. The van der Waals surface area contributed by atoms with E-state index >= 15 is 0 Å². The maximum Gasteiger partial charge on any atom is 0.416 e. The molecule has 6 nitrogen and oxygen atoms in total. The van der Waals surface area contributed by atoms with Crippen molar-refractivity contribution < 1.29 is 32.9 Å². The van der Waals surface area contributed by atoms with Crippen LogP contribution in [-0.2, 0) is 22.8 Å². The molecular weight excluding hydrogens is 521 g/mol. The highest BCUT2D eigenvalue weighted by Crippen LogP contribution is 2.66. The van der Waals surface area contributed by atoms with Gasteiger partial charge >= 0.3 is 6.18 Å². The number of ether oxygens (including phenoxy) is 1. The Morgan fingerprint density at radius 3 is 2.80 bits per heavy atom. The van der Waals surface area contributed by atoms with Gasteiger partial charge in [0.05, 0.1) is 22.6 Å². The van der Waals surface area contributed by atoms with E-state index in [1.165, 1.54) is 24.3 Å². The van der Waals surface area contributed by atoms with Gasteiger partial charge in [-0.25, -0.2) is 0 Å². The number of hydrogen-bond acceptors (Lipinski definition) is 5. The molecule has 212 valence electrons. The number of amides is 1. The number of phenolic OH excluding ortho intramolecular Hbond substituents is 1. The molecule has 6 atom stereocenters. The number of likely N-dealkylation sites (tertiary alicyclic amines) is 1. The van der Waals surface area contributed by atoms with Crippen molar-refractivity contribution in [2.24, 2.45) is 5.92 Å². The minimum absolute atomic E-state index is 0.0154. The number of rotatable bonds is 5. The molecule has 1 amide bonds. The van der Waals surface area contributed by atoms with E-state index in [2.05, 4.69) is 11.5 Å². The first-order chi connectivity index (χ1) is 18.9. The van der Waals surface area contributed by atoms with Crippen LogP contribution < -0.4 is 4.74 Å². The third-order valence-electron chi connectivity index (χ3n) is 9.69. The second-order valence-corrected chi connectivity index (χ2v) is 11.7. The Labute approximate surface area is 231 Å². The molecular formula is C31H33F3N2O4. The number of phenols is 1. The van der Waals surface area contributed by atoms with Gasteiger partial charge < -0.3 is 19.8 Å². The topological polar surface area (TPSA) is 73.2 Å². The third kappa shape index (κ3) is 3.66. The summed E-state index contributed by atoms with van der Waals surface area (Å²) in [5.74, 6) is -0.141. The molecule has 0 radical (unpaired) electrons. The Balaban J connectivity index is 1.37. The Morgan fingerprint density at radius 1 is 1.30 bits per heavy atom. The predicted molar refractivity (Wildman–Crippen MR) is 144 cm³/mol. The van der Waals surface area contributed by atoms with Crippen LogP contribution in [-0.4, -0.2) is 69.8 Å². The van der Waals surface area contributed by atoms with Crippen molar-refractivity contribution in [3.63, 3.8) is 0 Å². The molecule has 40 heavy (non-hydrogen) atoms. The van der Waals surface area contributed by atoms with Crippen molar-refractivity contribution in [1.29, 1.82) is 0 Å². The van der Waals surface area contributed by atoms with Crippen molar-refractivity contribution in [2.45, 2.75) is 61.6 Å². The summed E-state index contributed by atoms with van der Waals surface area (Å²) in [4.78, 5) is 17.3. The van der Waals surface area contributed by atoms with Gasteiger partial charge in [-0.3, -0.25) is 9.69 Å². The summed E-state index contributed by atoms with van der Waals surface area (Å²) in [7, 11) is 1.67. The van der Waals surface area contributed by atoms with Crippen molar-refractivity contribution in [3.8, 4) is 11.5 Å². The lowest BCUT2D eigenvalue weighted by Gasteiger charge is -2.65. The van der Waals surface area contributed by atoms with Crippen LogP contribution in [0.3, 0.4) is 0 Å². The number of carbonyl (C=O) groups is 1.